The van der Waals surface area contributed by atoms with Gasteiger partial charge in [-0.25, -0.2) is 4.79 Å². The second kappa shape index (κ2) is 7.43. The van der Waals surface area contributed by atoms with Crippen LogP contribution in [-0.4, -0.2) is 78.7 Å². The molecule has 6 nitrogen and oxygen atoms in total. The largest absolute Gasteiger partial charge is 0.447 e. The number of carbonyl (C=O) groups excluding carboxylic acids is 1. The van der Waals surface area contributed by atoms with Gasteiger partial charge in [0.05, 0.1) is 13.2 Å². The van der Waals surface area contributed by atoms with E-state index in [9.17, 15) is 4.79 Å². The zero-order valence-electron chi connectivity index (χ0n) is 9.47. The fraction of sp³-hybridized carbons (Fsp3) is 0.900. The Morgan fingerprint density at radius 1 is 1.12 bits per heavy atom. The van der Waals surface area contributed by atoms with Crippen molar-refractivity contribution in [1.29, 1.82) is 0 Å². The second-order valence-electron chi connectivity index (χ2n) is 3.74. The number of aliphatic hydroxyl groups is 2. The minimum absolute atomic E-state index is 0.0513. The van der Waals surface area contributed by atoms with Gasteiger partial charge in [-0.3, -0.25) is 4.90 Å². The molecule has 1 rings (SSSR count). The highest BCUT2D eigenvalue weighted by Crippen LogP contribution is 2.04. The van der Waals surface area contributed by atoms with Gasteiger partial charge in [0.15, 0.2) is 0 Å². The van der Waals surface area contributed by atoms with Crippen molar-refractivity contribution in [2.24, 2.45) is 0 Å². The van der Waals surface area contributed by atoms with Crippen LogP contribution in [0.3, 0.4) is 0 Å². The summed E-state index contributed by atoms with van der Waals surface area (Å²) in [7, 11) is 0. The van der Waals surface area contributed by atoms with Crippen LogP contribution in [0.2, 0.25) is 0 Å². The maximum atomic E-state index is 11.5. The van der Waals surface area contributed by atoms with Crippen LogP contribution in [0, 0.1) is 0 Å². The van der Waals surface area contributed by atoms with Crippen molar-refractivity contribution in [3.63, 3.8) is 0 Å². The third-order valence-corrected chi connectivity index (χ3v) is 2.58. The maximum absolute atomic E-state index is 11.5. The van der Waals surface area contributed by atoms with Gasteiger partial charge in [-0.05, 0) is 13.0 Å². The first-order valence-electron chi connectivity index (χ1n) is 5.63. The molecule has 1 aliphatic rings. The Hall–Kier alpha value is -0.850. The third-order valence-electron chi connectivity index (χ3n) is 2.58. The number of β-amino-alcohol motifs (C(OH)–C–C–N with tert-alkyl or cyclic N) is 1. The van der Waals surface area contributed by atoms with E-state index in [2.05, 4.69) is 4.90 Å². The molecule has 0 radical (unpaired) electrons. The first-order chi connectivity index (χ1) is 7.77. The van der Waals surface area contributed by atoms with Gasteiger partial charge in [0.25, 0.3) is 0 Å². The summed E-state index contributed by atoms with van der Waals surface area (Å²) in [4.78, 5) is 15.3. The van der Waals surface area contributed by atoms with Crippen molar-refractivity contribution in [3.8, 4) is 0 Å². The molecular formula is C10H20N2O4. The van der Waals surface area contributed by atoms with Crippen LogP contribution in [0.1, 0.15) is 6.42 Å². The Balaban J connectivity index is 2.31. The van der Waals surface area contributed by atoms with Crippen molar-refractivity contribution in [2.75, 3.05) is 52.5 Å². The lowest BCUT2D eigenvalue weighted by atomic mass is 10.4. The smallest absolute Gasteiger partial charge is 0.409 e. The highest BCUT2D eigenvalue weighted by molar-refractivity contribution is 5.67. The molecule has 16 heavy (non-hydrogen) atoms. The molecule has 1 fully saturated rings. The number of nitrogens with zero attached hydrogens (tertiary/aromatic N) is 2. The van der Waals surface area contributed by atoms with Gasteiger partial charge < -0.3 is 19.8 Å². The molecule has 0 aromatic rings. The molecule has 1 heterocycles. The van der Waals surface area contributed by atoms with Gasteiger partial charge in [0.2, 0.25) is 0 Å². The van der Waals surface area contributed by atoms with E-state index in [0.29, 0.717) is 19.6 Å². The molecule has 0 unspecified atom stereocenters. The minimum atomic E-state index is -0.361. The minimum Gasteiger partial charge on any atom is -0.447 e. The molecular weight excluding hydrogens is 212 g/mol. The summed E-state index contributed by atoms with van der Waals surface area (Å²) in [5, 5.41) is 17.4. The number of amides is 1. The second-order valence-corrected chi connectivity index (χ2v) is 3.74. The van der Waals surface area contributed by atoms with Crippen LogP contribution in [0.4, 0.5) is 4.79 Å². The summed E-state index contributed by atoms with van der Waals surface area (Å²) in [6.07, 6.45) is 0.522. The van der Waals surface area contributed by atoms with Crippen LogP contribution in [0.25, 0.3) is 0 Å². The number of rotatable bonds is 4. The zero-order valence-corrected chi connectivity index (χ0v) is 9.47. The standard InChI is InChI=1S/C10H20N2O4/c13-7-6-11-2-1-3-12(5-4-11)10(15)16-9-8-14/h13-14H,1-9H2. The summed E-state index contributed by atoms with van der Waals surface area (Å²) in [5.74, 6) is 0. The highest BCUT2D eigenvalue weighted by atomic mass is 16.6. The predicted molar refractivity (Wildman–Crippen MR) is 58.1 cm³/mol. The zero-order chi connectivity index (χ0) is 11.8. The molecule has 0 atom stereocenters. The number of aliphatic hydroxyl groups excluding tert-OH is 2. The molecule has 0 aliphatic carbocycles. The molecule has 0 saturated carbocycles. The lowest BCUT2D eigenvalue weighted by Crippen LogP contribution is -2.36. The first kappa shape index (κ1) is 13.2. The van der Waals surface area contributed by atoms with E-state index < -0.39 is 0 Å². The van der Waals surface area contributed by atoms with Crippen LogP contribution >= 0.6 is 0 Å². The van der Waals surface area contributed by atoms with Crippen molar-refractivity contribution < 1.29 is 19.7 Å². The lowest BCUT2D eigenvalue weighted by Gasteiger charge is -2.20. The summed E-state index contributed by atoms with van der Waals surface area (Å²) < 4.78 is 4.85. The predicted octanol–water partition coefficient (Wildman–Crippen LogP) is -0.885. The van der Waals surface area contributed by atoms with Gasteiger partial charge >= 0.3 is 6.09 Å². The molecule has 0 aromatic heterocycles. The normalized spacial score (nSPS) is 18.2. The first-order valence-corrected chi connectivity index (χ1v) is 5.63. The Morgan fingerprint density at radius 2 is 1.94 bits per heavy atom. The Bertz CT molecular complexity index is 213. The molecule has 1 saturated heterocycles. The van der Waals surface area contributed by atoms with Gasteiger partial charge in [-0.15, -0.1) is 0 Å². The fourth-order valence-corrected chi connectivity index (χ4v) is 1.74. The van der Waals surface area contributed by atoms with E-state index in [1.54, 1.807) is 4.90 Å². The van der Waals surface area contributed by atoms with Crippen LogP contribution in [0.15, 0.2) is 0 Å². The van der Waals surface area contributed by atoms with Crippen molar-refractivity contribution in [2.45, 2.75) is 6.42 Å². The molecule has 6 heteroatoms. The molecule has 0 bridgehead atoms. The molecule has 1 aliphatic heterocycles. The Labute approximate surface area is 95.4 Å². The van der Waals surface area contributed by atoms with E-state index >= 15 is 0 Å². The number of ether oxygens (including phenoxy) is 1. The van der Waals surface area contributed by atoms with Gasteiger partial charge in [-0.2, -0.15) is 0 Å². The molecule has 0 spiro atoms. The maximum Gasteiger partial charge on any atom is 0.409 e. The highest BCUT2D eigenvalue weighted by Gasteiger charge is 2.19. The summed E-state index contributed by atoms with van der Waals surface area (Å²) >= 11 is 0. The van der Waals surface area contributed by atoms with Crippen LogP contribution < -0.4 is 0 Å². The SMILES string of the molecule is O=C(OCCO)N1CCCN(CCO)CC1. The van der Waals surface area contributed by atoms with Crippen molar-refractivity contribution in [1.82, 2.24) is 9.80 Å². The number of carbonyl (C=O) groups is 1. The lowest BCUT2D eigenvalue weighted by molar-refractivity contribution is 0.0849. The van der Waals surface area contributed by atoms with E-state index in [0.717, 1.165) is 19.5 Å². The average molecular weight is 232 g/mol. The Morgan fingerprint density at radius 3 is 2.62 bits per heavy atom. The summed E-state index contributed by atoms with van der Waals surface area (Å²) in [6, 6.07) is 0. The number of hydrogen-bond donors (Lipinski definition) is 2. The quantitative estimate of drug-likeness (QED) is 0.658. The van der Waals surface area contributed by atoms with Crippen molar-refractivity contribution in [3.05, 3.63) is 0 Å². The van der Waals surface area contributed by atoms with Crippen LogP contribution in [-0.2, 0) is 4.74 Å². The fourth-order valence-electron chi connectivity index (χ4n) is 1.74. The summed E-state index contributed by atoms with van der Waals surface area (Å²) in [5.41, 5.74) is 0. The van der Waals surface area contributed by atoms with E-state index in [-0.39, 0.29) is 25.9 Å². The van der Waals surface area contributed by atoms with E-state index in [4.69, 9.17) is 14.9 Å². The molecule has 94 valence electrons. The average Bonchev–Trinajstić information content (AvgIpc) is 2.52. The molecule has 0 aromatic carbocycles. The van der Waals surface area contributed by atoms with Crippen molar-refractivity contribution >= 4 is 6.09 Å². The van der Waals surface area contributed by atoms with E-state index in [1.165, 1.54) is 0 Å². The molecule has 1 amide bonds. The topological polar surface area (TPSA) is 73.2 Å². The van der Waals surface area contributed by atoms with Gasteiger partial charge in [0.1, 0.15) is 6.61 Å². The Kier molecular flexibility index (Phi) is 6.14. The van der Waals surface area contributed by atoms with Crippen LogP contribution in [0.5, 0.6) is 0 Å². The van der Waals surface area contributed by atoms with E-state index in [1.807, 2.05) is 0 Å². The summed E-state index contributed by atoms with van der Waals surface area (Å²) in [6.45, 7) is 3.65. The van der Waals surface area contributed by atoms with Gasteiger partial charge in [0, 0.05) is 26.2 Å². The number of hydrogen-bond acceptors (Lipinski definition) is 5. The monoisotopic (exact) mass is 232 g/mol. The van der Waals surface area contributed by atoms with Gasteiger partial charge in [-0.1, -0.05) is 0 Å². The third kappa shape index (κ3) is 4.34. The molecule has 2 N–H and O–H groups in total.